The summed E-state index contributed by atoms with van der Waals surface area (Å²) in [4.78, 5) is 15.6. The molecule has 1 aliphatic rings. The molecule has 5 heteroatoms. The maximum absolute atomic E-state index is 13.2. The fourth-order valence-corrected chi connectivity index (χ4v) is 3.95. The van der Waals surface area contributed by atoms with Crippen LogP contribution in [-0.2, 0) is 4.79 Å². The Kier molecular flexibility index (Phi) is 6.72. The second kappa shape index (κ2) is 10.0. The summed E-state index contributed by atoms with van der Waals surface area (Å²) < 4.78 is 5.27. The van der Waals surface area contributed by atoms with Gasteiger partial charge in [-0.05, 0) is 61.2 Å². The number of ether oxygens (including phenoxy) is 1. The van der Waals surface area contributed by atoms with Crippen molar-refractivity contribution in [2.75, 3.05) is 35.7 Å². The molecule has 1 aliphatic heterocycles. The van der Waals surface area contributed by atoms with Gasteiger partial charge in [-0.1, -0.05) is 36.4 Å². The first-order valence-electron chi connectivity index (χ1n) is 10.8. The number of hydrogen-bond donors (Lipinski definition) is 2. The normalized spacial score (nSPS) is 14.5. The molecule has 2 N–H and O–H groups in total. The fraction of sp³-hybridized carbons (Fsp3) is 0.269. The number of amides is 1. The average Bonchev–Trinajstić information content (AvgIpc) is 2.84. The number of nitrogens with one attached hydrogen (secondary N) is 2. The fourth-order valence-electron chi connectivity index (χ4n) is 3.95. The smallest absolute Gasteiger partial charge is 0.251 e. The van der Waals surface area contributed by atoms with Crippen LogP contribution in [0.3, 0.4) is 0 Å². The van der Waals surface area contributed by atoms with E-state index in [4.69, 9.17) is 4.74 Å². The van der Waals surface area contributed by atoms with Crippen LogP contribution in [0.2, 0.25) is 0 Å². The maximum atomic E-state index is 13.2. The molecule has 1 saturated heterocycles. The van der Waals surface area contributed by atoms with Gasteiger partial charge in [-0.25, -0.2) is 0 Å². The van der Waals surface area contributed by atoms with Crippen LogP contribution in [0.1, 0.15) is 30.9 Å². The SMILES string of the molecule is COc1cccc(NC(=O)[C@@H](Nc2ccc(N3CCCCC3)cc2)c2ccccc2)c1. The average molecular weight is 416 g/mol. The molecule has 160 valence electrons. The quantitative estimate of drug-likeness (QED) is 0.537. The number of anilines is 3. The zero-order chi connectivity index (χ0) is 21.5. The van der Waals surface area contributed by atoms with Gasteiger partial charge in [-0.3, -0.25) is 4.79 Å². The molecule has 4 rings (SSSR count). The van der Waals surface area contributed by atoms with Gasteiger partial charge in [0, 0.05) is 36.2 Å². The number of carbonyl (C=O) groups is 1. The van der Waals surface area contributed by atoms with E-state index in [0.29, 0.717) is 11.4 Å². The van der Waals surface area contributed by atoms with Crippen molar-refractivity contribution < 1.29 is 9.53 Å². The van der Waals surface area contributed by atoms with Gasteiger partial charge in [-0.2, -0.15) is 0 Å². The summed E-state index contributed by atoms with van der Waals surface area (Å²) in [6, 6.07) is 25.0. The van der Waals surface area contributed by atoms with Crippen LogP contribution < -0.4 is 20.3 Å². The van der Waals surface area contributed by atoms with Crippen molar-refractivity contribution in [2.45, 2.75) is 25.3 Å². The molecule has 0 bridgehead atoms. The minimum absolute atomic E-state index is 0.125. The van der Waals surface area contributed by atoms with Gasteiger partial charge < -0.3 is 20.3 Å². The molecule has 0 unspecified atom stereocenters. The third-order valence-corrected chi connectivity index (χ3v) is 5.63. The third-order valence-electron chi connectivity index (χ3n) is 5.63. The van der Waals surface area contributed by atoms with E-state index in [1.54, 1.807) is 7.11 Å². The Bertz CT molecular complexity index is 983. The van der Waals surface area contributed by atoms with Gasteiger partial charge in [0.2, 0.25) is 0 Å². The Morgan fingerprint density at radius 1 is 0.871 bits per heavy atom. The molecule has 1 fully saturated rings. The van der Waals surface area contributed by atoms with Gasteiger partial charge in [0.25, 0.3) is 5.91 Å². The number of piperidine rings is 1. The number of rotatable bonds is 7. The van der Waals surface area contributed by atoms with E-state index in [2.05, 4.69) is 39.8 Å². The van der Waals surface area contributed by atoms with Crippen molar-refractivity contribution >= 4 is 23.0 Å². The standard InChI is InChI=1S/C26H29N3O2/c1-31-24-12-8-11-22(19-24)28-26(30)25(20-9-4-2-5-10-20)27-21-13-15-23(16-14-21)29-17-6-3-7-18-29/h2,4-5,8-16,19,25,27H,3,6-7,17-18H2,1H3,(H,28,30)/t25-/m0/s1. The minimum atomic E-state index is -0.520. The molecule has 0 saturated carbocycles. The van der Waals surface area contributed by atoms with Crippen molar-refractivity contribution in [3.05, 3.63) is 84.4 Å². The predicted octanol–water partition coefficient (Wildman–Crippen LogP) is 5.48. The van der Waals surface area contributed by atoms with E-state index in [9.17, 15) is 4.79 Å². The van der Waals surface area contributed by atoms with E-state index in [1.807, 2.05) is 54.6 Å². The van der Waals surface area contributed by atoms with Gasteiger partial charge in [0.15, 0.2) is 0 Å². The van der Waals surface area contributed by atoms with Gasteiger partial charge in [0.05, 0.1) is 7.11 Å². The van der Waals surface area contributed by atoms with Crippen molar-refractivity contribution in [2.24, 2.45) is 0 Å². The Morgan fingerprint density at radius 2 is 1.61 bits per heavy atom. The topological polar surface area (TPSA) is 53.6 Å². The number of carbonyl (C=O) groups excluding carboxylic acids is 1. The zero-order valence-electron chi connectivity index (χ0n) is 17.9. The molecule has 0 aliphatic carbocycles. The van der Waals surface area contributed by atoms with E-state index in [0.717, 1.165) is 24.3 Å². The number of nitrogens with zero attached hydrogens (tertiary/aromatic N) is 1. The van der Waals surface area contributed by atoms with E-state index >= 15 is 0 Å². The van der Waals surface area contributed by atoms with Crippen LogP contribution in [0.25, 0.3) is 0 Å². The second-order valence-corrected chi connectivity index (χ2v) is 7.80. The highest BCUT2D eigenvalue weighted by Gasteiger charge is 2.21. The van der Waals surface area contributed by atoms with E-state index in [-0.39, 0.29) is 5.91 Å². The lowest BCUT2D eigenvalue weighted by atomic mass is 10.1. The van der Waals surface area contributed by atoms with Crippen LogP contribution in [0.4, 0.5) is 17.1 Å². The lowest BCUT2D eigenvalue weighted by Crippen LogP contribution is -2.29. The van der Waals surface area contributed by atoms with Crippen molar-refractivity contribution in [1.29, 1.82) is 0 Å². The molecule has 1 heterocycles. The molecular weight excluding hydrogens is 386 g/mol. The van der Waals surface area contributed by atoms with Crippen molar-refractivity contribution in [3.8, 4) is 5.75 Å². The number of hydrogen-bond acceptors (Lipinski definition) is 4. The highest BCUT2D eigenvalue weighted by Crippen LogP contribution is 2.26. The molecule has 31 heavy (non-hydrogen) atoms. The van der Waals surface area contributed by atoms with Gasteiger partial charge in [0.1, 0.15) is 11.8 Å². The summed E-state index contributed by atoms with van der Waals surface area (Å²) in [5.41, 5.74) is 3.76. The third kappa shape index (κ3) is 5.37. The number of benzene rings is 3. The van der Waals surface area contributed by atoms with Crippen LogP contribution in [0.15, 0.2) is 78.9 Å². The molecule has 0 aromatic heterocycles. The highest BCUT2D eigenvalue weighted by atomic mass is 16.5. The summed E-state index contributed by atoms with van der Waals surface area (Å²) in [6.07, 6.45) is 3.82. The van der Waals surface area contributed by atoms with Gasteiger partial charge >= 0.3 is 0 Å². The highest BCUT2D eigenvalue weighted by molar-refractivity contribution is 5.97. The second-order valence-electron chi connectivity index (χ2n) is 7.80. The van der Waals surface area contributed by atoms with Crippen molar-refractivity contribution in [1.82, 2.24) is 0 Å². The first-order chi connectivity index (χ1) is 15.2. The molecule has 3 aromatic carbocycles. The van der Waals surface area contributed by atoms with Crippen LogP contribution in [0, 0.1) is 0 Å². The summed E-state index contributed by atoms with van der Waals surface area (Å²) in [6.45, 7) is 2.23. The summed E-state index contributed by atoms with van der Waals surface area (Å²) in [5, 5.41) is 6.42. The molecular formula is C26H29N3O2. The summed E-state index contributed by atoms with van der Waals surface area (Å²) in [5.74, 6) is 0.579. The Morgan fingerprint density at radius 3 is 2.32 bits per heavy atom. The van der Waals surface area contributed by atoms with Crippen LogP contribution in [0.5, 0.6) is 5.75 Å². The molecule has 3 aromatic rings. The Labute approximate surface area is 184 Å². The monoisotopic (exact) mass is 415 g/mol. The summed E-state index contributed by atoms with van der Waals surface area (Å²) >= 11 is 0. The first kappa shape index (κ1) is 20.8. The van der Waals surface area contributed by atoms with Crippen molar-refractivity contribution in [3.63, 3.8) is 0 Å². The molecule has 5 nitrogen and oxygen atoms in total. The maximum Gasteiger partial charge on any atom is 0.251 e. The van der Waals surface area contributed by atoms with Gasteiger partial charge in [-0.15, -0.1) is 0 Å². The van der Waals surface area contributed by atoms with E-state index in [1.165, 1.54) is 24.9 Å². The minimum Gasteiger partial charge on any atom is -0.497 e. The lowest BCUT2D eigenvalue weighted by molar-refractivity contribution is -0.117. The molecule has 1 atom stereocenters. The Hall–Kier alpha value is -3.47. The molecule has 0 spiro atoms. The Balaban J connectivity index is 1.52. The van der Waals surface area contributed by atoms with E-state index < -0.39 is 6.04 Å². The first-order valence-corrected chi connectivity index (χ1v) is 10.8. The summed E-state index contributed by atoms with van der Waals surface area (Å²) in [7, 11) is 1.61. The zero-order valence-corrected chi connectivity index (χ0v) is 17.9. The molecule has 0 radical (unpaired) electrons. The predicted molar refractivity (Wildman–Crippen MR) is 127 cm³/mol. The van der Waals surface area contributed by atoms with Crippen LogP contribution in [-0.4, -0.2) is 26.1 Å². The largest absolute Gasteiger partial charge is 0.497 e. The lowest BCUT2D eigenvalue weighted by Gasteiger charge is -2.29. The van der Waals surface area contributed by atoms with Crippen LogP contribution >= 0.6 is 0 Å². The molecule has 1 amide bonds. The number of methoxy groups -OCH3 is 1.